The van der Waals surface area contributed by atoms with Crippen LogP contribution in [0.15, 0.2) is 24.3 Å². The van der Waals surface area contributed by atoms with Crippen LogP contribution < -0.4 is 10.6 Å². The summed E-state index contributed by atoms with van der Waals surface area (Å²) in [6.07, 6.45) is 1.92. The number of piperidine rings is 1. The number of nitrogens with zero attached hydrogens (tertiary/aromatic N) is 1. The fourth-order valence-corrected chi connectivity index (χ4v) is 3.58. The first-order valence-electron chi connectivity index (χ1n) is 10.4. The van der Waals surface area contributed by atoms with Crippen molar-refractivity contribution in [2.24, 2.45) is 11.8 Å². The number of ether oxygens (including phenoxy) is 1. The first-order chi connectivity index (χ1) is 14.3. The Morgan fingerprint density at radius 3 is 2.37 bits per heavy atom. The van der Waals surface area contributed by atoms with Crippen LogP contribution in [0.25, 0.3) is 0 Å². The number of likely N-dealkylation sites (tertiary alicyclic amines) is 1. The molecule has 1 aliphatic heterocycles. The molecular weight excluding hydrogens is 389 g/mol. The van der Waals surface area contributed by atoms with Crippen molar-refractivity contribution in [3.8, 4) is 0 Å². The Kier molecular flexibility index (Phi) is 9.23. The van der Waals surface area contributed by atoms with Gasteiger partial charge in [-0.15, -0.1) is 0 Å². The molecule has 1 aromatic carbocycles. The SMILES string of the molecule is COCCCNC(=O)[C@@H](NC(=O)c1ccc(F)cc1)C1CCN(C(=O)C(C)C)CC1. The van der Waals surface area contributed by atoms with Gasteiger partial charge in [0.15, 0.2) is 0 Å². The van der Waals surface area contributed by atoms with Crippen LogP contribution in [0.4, 0.5) is 4.39 Å². The summed E-state index contributed by atoms with van der Waals surface area (Å²) >= 11 is 0. The van der Waals surface area contributed by atoms with Crippen LogP contribution in [-0.4, -0.2) is 62.0 Å². The second-order valence-corrected chi connectivity index (χ2v) is 7.91. The Balaban J connectivity index is 2.05. The minimum absolute atomic E-state index is 0.0698. The summed E-state index contributed by atoms with van der Waals surface area (Å²) in [7, 11) is 1.60. The number of halogens is 1. The molecule has 1 aromatic rings. The summed E-state index contributed by atoms with van der Waals surface area (Å²) in [5, 5.41) is 5.68. The van der Waals surface area contributed by atoms with Crippen LogP contribution in [0.5, 0.6) is 0 Å². The molecule has 0 unspecified atom stereocenters. The third-order valence-electron chi connectivity index (χ3n) is 5.32. The van der Waals surface area contributed by atoms with Gasteiger partial charge in [0.25, 0.3) is 5.91 Å². The third kappa shape index (κ3) is 6.79. The highest BCUT2D eigenvalue weighted by molar-refractivity contribution is 5.97. The molecule has 0 saturated carbocycles. The zero-order chi connectivity index (χ0) is 22.1. The molecule has 0 bridgehead atoms. The van der Waals surface area contributed by atoms with Crippen molar-refractivity contribution >= 4 is 17.7 Å². The predicted molar refractivity (Wildman–Crippen MR) is 111 cm³/mol. The van der Waals surface area contributed by atoms with Gasteiger partial charge in [0.1, 0.15) is 11.9 Å². The van der Waals surface area contributed by atoms with Gasteiger partial charge in [-0.1, -0.05) is 13.8 Å². The van der Waals surface area contributed by atoms with E-state index in [1.807, 2.05) is 18.7 Å². The topological polar surface area (TPSA) is 87.7 Å². The molecule has 3 amide bonds. The third-order valence-corrected chi connectivity index (χ3v) is 5.32. The van der Waals surface area contributed by atoms with E-state index in [9.17, 15) is 18.8 Å². The summed E-state index contributed by atoms with van der Waals surface area (Å²) in [5.41, 5.74) is 0.293. The molecule has 1 fully saturated rings. The van der Waals surface area contributed by atoms with Crippen LogP contribution in [-0.2, 0) is 14.3 Å². The van der Waals surface area contributed by atoms with E-state index in [0.29, 0.717) is 51.1 Å². The number of methoxy groups -OCH3 is 1. The molecule has 0 radical (unpaired) electrons. The van der Waals surface area contributed by atoms with Crippen molar-refractivity contribution < 1.29 is 23.5 Å². The number of hydrogen-bond donors (Lipinski definition) is 2. The van der Waals surface area contributed by atoms with Crippen molar-refractivity contribution in [3.63, 3.8) is 0 Å². The zero-order valence-corrected chi connectivity index (χ0v) is 17.9. The first-order valence-corrected chi connectivity index (χ1v) is 10.4. The maximum Gasteiger partial charge on any atom is 0.251 e. The van der Waals surface area contributed by atoms with Crippen LogP contribution >= 0.6 is 0 Å². The normalized spacial score (nSPS) is 15.7. The lowest BCUT2D eigenvalue weighted by atomic mass is 9.88. The summed E-state index contributed by atoms with van der Waals surface area (Å²) < 4.78 is 18.2. The van der Waals surface area contributed by atoms with Crippen molar-refractivity contribution in [2.75, 3.05) is 33.4 Å². The fraction of sp³-hybridized carbons (Fsp3) is 0.591. The molecule has 2 rings (SSSR count). The summed E-state index contributed by atoms with van der Waals surface area (Å²) in [5.74, 6) is -1.17. The second kappa shape index (κ2) is 11.6. The highest BCUT2D eigenvalue weighted by Gasteiger charge is 2.34. The summed E-state index contributed by atoms with van der Waals surface area (Å²) in [6.45, 7) is 5.83. The van der Waals surface area contributed by atoms with E-state index >= 15 is 0 Å². The maximum atomic E-state index is 13.2. The lowest BCUT2D eigenvalue weighted by molar-refractivity contribution is -0.136. The molecule has 8 heteroatoms. The van der Waals surface area contributed by atoms with E-state index in [2.05, 4.69) is 10.6 Å². The molecule has 1 atom stereocenters. The molecule has 7 nitrogen and oxygen atoms in total. The van der Waals surface area contributed by atoms with Crippen molar-refractivity contribution in [1.82, 2.24) is 15.5 Å². The molecule has 30 heavy (non-hydrogen) atoms. The van der Waals surface area contributed by atoms with Gasteiger partial charge < -0.3 is 20.3 Å². The van der Waals surface area contributed by atoms with Gasteiger partial charge in [-0.3, -0.25) is 14.4 Å². The number of carbonyl (C=O) groups excluding carboxylic acids is 3. The van der Waals surface area contributed by atoms with Crippen LogP contribution in [0.2, 0.25) is 0 Å². The Morgan fingerprint density at radius 1 is 1.17 bits per heavy atom. The highest BCUT2D eigenvalue weighted by atomic mass is 19.1. The lowest BCUT2D eigenvalue weighted by Crippen LogP contribution is -2.54. The lowest BCUT2D eigenvalue weighted by Gasteiger charge is -2.36. The molecule has 1 aliphatic rings. The maximum absolute atomic E-state index is 13.2. The van der Waals surface area contributed by atoms with Crippen LogP contribution in [0.1, 0.15) is 43.5 Å². The van der Waals surface area contributed by atoms with E-state index in [1.54, 1.807) is 7.11 Å². The molecular formula is C22H32FN3O4. The summed E-state index contributed by atoms with van der Waals surface area (Å²) in [6, 6.07) is 4.49. The van der Waals surface area contributed by atoms with E-state index in [4.69, 9.17) is 4.74 Å². The summed E-state index contributed by atoms with van der Waals surface area (Å²) in [4.78, 5) is 39.5. The first kappa shape index (κ1) is 23.8. The molecule has 0 aromatic heterocycles. The second-order valence-electron chi connectivity index (χ2n) is 7.91. The monoisotopic (exact) mass is 421 g/mol. The average Bonchev–Trinajstić information content (AvgIpc) is 2.74. The number of nitrogens with one attached hydrogen (secondary N) is 2. The molecule has 166 valence electrons. The molecule has 0 spiro atoms. The number of carbonyl (C=O) groups is 3. The van der Waals surface area contributed by atoms with E-state index < -0.39 is 17.8 Å². The Bertz CT molecular complexity index is 716. The van der Waals surface area contributed by atoms with Crippen LogP contribution in [0.3, 0.4) is 0 Å². The largest absolute Gasteiger partial charge is 0.385 e. The smallest absolute Gasteiger partial charge is 0.251 e. The van der Waals surface area contributed by atoms with Gasteiger partial charge in [0, 0.05) is 44.8 Å². The Hall–Kier alpha value is -2.48. The number of hydrogen-bond acceptors (Lipinski definition) is 4. The van der Waals surface area contributed by atoms with Crippen molar-refractivity contribution in [2.45, 2.75) is 39.2 Å². The standard InChI is InChI=1S/C22H32FN3O4/c1-15(2)22(29)26-12-9-16(10-13-26)19(21(28)24-11-4-14-30-3)25-20(27)17-5-7-18(23)8-6-17/h5-8,15-16,19H,4,9-14H2,1-3H3,(H,24,28)(H,25,27)/t19-/m0/s1. The molecule has 0 aliphatic carbocycles. The molecule has 1 heterocycles. The van der Waals surface area contributed by atoms with Gasteiger partial charge in [0.2, 0.25) is 11.8 Å². The zero-order valence-electron chi connectivity index (χ0n) is 17.9. The average molecular weight is 422 g/mol. The minimum atomic E-state index is -0.721. The molecule has 2 N–H and O–H groups in total. The van der Waals surface area contributed by atoms with Crippen LogP contribution in [0, 0.1) is 17.7 Å². The number of amides is 3. The van der Waals surface area contributed by atoms with E-state index in [0.717, 1.165) is 0 Å². The van der Waals surface area contributed by atoms with E-state index in [1.165, 1.54) is 24.3 Å². The number of benzene rings is 1. The minimum Gasteiger partial charge on any atom is -0.385 e. The highest BCUT2D eigenvalue weighted by Crippen LogP contribution is 2.23. The van der Waals surface area contributed by atoms with Crippen molar-refractivity contribution in [1.29, 1.82) is 0 Å². The fourth-order valence-electron chi connectivity index (χ4n) is 3.58. The Morgan fingerprint density at radius 2 is 1.80 bits per heavy atom. The molecule has 1 saturated heterocycles. The quantitative estimate of drug-likeness (QED) is 0.597. The van der Waals surface area contributed by atoms with Gasteiger partial charge in [-0.2, -0.15) is 0 Å². The van der Waals surface area contributed by atoms with Gasteiger partial charge in [0.05, 0.1) is 0 Å². The predicted octanol–water partition coefficient (Wildman–Crippen LogP) is 1.97. The van der Waals surface area contributed by atoms with Gasteiger partial charge >= 0.3 is 0 Å². The Labute approximate surface area is 177 Å². The van der Waals surface area contributed by atoms with E-state index in [-0.39, 0.29) is 23.7 Å². The number of rotatable bonds is 9. The van der Waals surface area contributed by atoms with Gasteiger partial charge in [-0.25, -0.2) is 4.39 Å². The van der Waals surface area contributed by atoms with Crippen molar-refractivity contribution in [3.05, 3.63) is 35.6 Å². The van der Waals surface area contributed by atoms with Gasteiger partial charge in [-0.05, 0) is 49.4 Å².